The van der Waals surface area contributed by atoms with E-state index in [2.05, 4.69) is 10.6 Å². The summed E-state index contributed by atoms with van der Waals surface area (Å²) in [5.74, 6) is -0.827. The standard InChI is InChI=1S/C18H20FN3O2/c1-13-5-3-4-6-16(13)21-18(24)12-22(2)11-17(23)20-15-9-7-14(19)8-10-15/h3-10H,11-12H2,1-2H3,(H,20,23)(H,21,24). The summed E-state index contributed by atoms with van der Waals surface area (Å²) in [6, 6.07) is 13.0. The monoisotopic (exact) mass is 329 g/mol. The number of halogens is 1. The number of benzene rings is 2. The molecule has 126 valence electrons. The Morgan fingerprint density at radius 3 is 2.17 bits per heavy atom. The van der Waals surface area contributed by atoms with Crippen LogP contribution in [0, 0.1) is 12.7 Å². The zero-order chi connectivity index (χ0) is 17.5. The largest absolute Gasteiger partial charge is 0.325 e. The molecule has 0 bridgehead atoms. The number of amides is 2. The average Bonchev–Trinajstić information content (AvgIpc) is 2.51. The number of carbonyl (C=O) groups excluding carboxylic acids is 2. The Balaban J connectivity index is 1.80. The summed E-state index contributed by atoms with van der Waals surface area (Å²) in [4.78, 5) is 25.6. The van der Waals surface area contributed by atoms with Crippen LogP contribution in [0.5, 0.6) is 0 Å². The molecule has 0 heterocycles. The van der Waals surface area contributed by atoms with Gasteiger partial charge in [-0.3, -0.25) is 14.5 Å². The molecule has 0 aliphatic rings. The minimum Gasteiger partial charge on any atom is -0.325 e. The van der Waals surface area contributed by atoms with Crippen LogP contribution >= 0.6 is 0 Å². The van der Waals surface area contributed by atoms with Crippen LogP contribution in [0.2, 0.25) is 0 Å². The molecule has 0 aromatic heterocycles. The first-order chi connectivity index (χ1) is 11.4. The lowest BCUT2D eigenvalue weighted by Gasteiger charge is -2.16. The third kappa shape index (κ3) is 5.48. The normalized spacial score (nSPS) is 10.5. The van der Waals surface area contributed by atoms with Crippen LogP contribution in [0.1, 0.15) is 5.56 Å². The number of para-hydroxylation sites is 1. The van der Waals surface area contributed by atoms with Crippen LogP contribution in [0.25, 0.3) is 0 Å². The van der Waals surface area contributed by atoms with Gasteiger partial charge in [-0.2, -0.15) is 0 Å². The Bertz CT molecular complexity index is 716. The smallest absolute Gasteiger partial charge is 0.238 e. The van der Waals surface area contributed by atoms with Gasteiger partial charge in [0.05, 0.1) is 13.1 Å². The Morgan fingerprint density at radius 2 is 1.54 bits per heavy atom. The van der Waals surface area contributed by atoms with Gasteiger partial charge in [0.2, 0.25) is 11.8 Å². The quantitative estimate of drug-likeness (QED) is 0.856. The molecule has 0 atom stereocenters. The molecule has 2 amide bonds. The molecule has 2 rings (SSSR count). The fraction of sp³-hybridized carbons (Fsp3) is 0.222. The third-order valence-corrected chi connectivity index (χ3v) is 3.37. The molecule has 24 heavy (non-hydrogen) atoms. The van der Waals surface area contributed by atoms with Gasteiger partial charge in [0.1, 0.15) is 5.82 Å². The summed E-state index contributed by atoms with van der Waals surface area (Å²) < 4.78 is 12.8. The molecule has 2 N–H and O–H groups in total. The highest BCUT2D eigenvalue weighted by Crippen LogP contribution is 2.13. The molecule has 0 radical (unpaired) electrons. The van der Waals surface area contributed by atoms with Crippen molar-refractivity contribution in [2.24, 2.45) is 0 Å². The molecule has 6 heteroatoms. The lowest BCUT2D eigenvalue weighted by molar-refractivity contribution is -0.119. The van der Waals surface area contributed by atoms with Crippen molar-refractivity contribution in [1.82, 2.24) is 4.90 Å². The number of nitrogens with one attached hydrogen (secondary N) is 2. The van der Waals surface area contributed by atoms with Crippen molar-refractivity contribution in [2.45, 2.75) is 6.92 Å². The molecule has 0 aliphatic carbocycles. The number of aryl methyl sites for hydroxylation is 1. The van der Waals surface area contributed by atoms with E-state index < -0.39 is 0 Å². The van der Waals surface area contributed by atoms with E-state index in [9.17, 15) is 14.0 Å². The fourth-order valence-electron chi connectivity index (χ4n) is 2.18. The number of anilines is 2. The van der Waals surface area contributed by atoms with E-state index in [-0.39, 0.29) is 30.7 Å². The predicted molar refractivity (Wildman–Crippen MR) is 92.3 cm³/mol. The summed E-state index contributed by atoms with van der Waals surface area (Å²) >= 11 is 0. The molecule has 0 saturated heterocycles. The van der Waals surface area contributed by atoms with Crippen LogP contribution < -0.4 is 10.6 Å². The van der Waals surface area contributed by atoms with Gasteiger partial charge in [0, 0.05) is 11.4 Å². The number of hydrogen-bond donors (Lipinski definition) is 2. The number of rotatable bonds is 6. The lowest BCUT2D eigenvalue weighted by Crippen LogP contribution is -2.36. The minimum atomic E-state index is -0.363. The maximum atomic E-state index is 12.8. The molecule has 0 fully saturated rings. The number of nitrogens with zero attached hydrogens (tertiary/aromatic N) is 1. The molecule has 2 aromatic carbocycles. The maximum absolute atomic E-state index is 12.8. The van der Waals surface area contributed by atoms with Gasteiger partial charge in [-0.15, -0.1) is 0 Å². The summed E-state index contributed by atoms with van der Waals surface area (Å²) in [5, 5.41) is 5.47. The van der Waals surface area contributed by atoms with Crippen molar-refractivity contribution in [3.05, 3.63) is 59.9 Å². The fourth-order valence-corrected chi connectivity index (χ4v) is 2.18. The molecule has 0 spiro atoms. The van der Waals surface area contributed by atoms with Gasteiger partial charge < -0.3 is 10.6 Å². The first-order valence-electron chi connectivity index (χ1n) is 7.53. The molecule has 0 unspecified atom stereocenters. The average molecular weight is 329 g/mol. The minimum absolute atomic E-state index is 0.0541. The van der Waals surface area contributed by atoms with Crippen LogP contribution in [0.3, 0.4) is 0 Å². The Kier molecular flexibility index (Phi) is 6.03. The van der Waals surface area contributed by atoms with Crippen LogP contribution in [-0.4, -0.2) is 36.9 Å². The number of carbonyl (C=O) groups is 2. The van der Waals surface area contributed by atoms with E-state index in [0.29, 0.717) is 5.69 Å². The van der Waals surface area contributed by atoms with Gasteiger partial charge in [-0.25, -0.2) is 4.39 Å². The molecule has 2 aromatic rings. The summed E-state index contributed by atoms with van der Waals surface area (Å²) in [5.41, 5.74) is 2.24. The topological polar surface area (TPSA) is 61.4 Å². The molecule has 5 nitrogen and oxygen atoms in total. The van der Waals surface area contributed by atoms with Crippen molar-refractivity contribution >= 4 is 23.2 Å². The Hall–Kier alpha value is -2.73. The molecule has 0 saturated carbocycles. The van der Waals surface area contributed by atoms with Gasteiger partial charge in [0.25, 0.3) is 0 Å². The van der Waals surface area contributed by atoms with E-state index in [1.807, 2.05) is 31.2 Å². The van der Waals surface area contributed by atoms with Gasteiger partial charge >= 0.3 is 0 Å². The summed E-state index contributed by atoms with van der Waals surface area (Å²) in [6.45, 7) is 2.05. The first kappa shape index (κ1) is 17.6. The van der Waals surface area contributed by atoms with Crippen LogP contribution in [-0.2, 0) is 9.59 Å². The predicted octanol–water partition coefficient (Wildman–Crippen LogP) is 2.64. The number of hydrogen-bond acceptors (Lipinski definition) is 3. The van der Waals surface area contributed by atoms with E-state index in [0.717, 1.165) is 11.3 Å². The highest BCUT2D eigenvalue weighted by atomic mass is 19.1. The van der Waals surface area contributed by atoms with Crippen molar-refractivity contribution in [2.75, 3.05) is 30.8 Å². The molecular weight excluding hydrogens is 309 g/mol. The highest BCUT2D eigenvalue weighted by molar-refractivity contribution is 5.95. The third-order valence-electron chi connectivity index (χ3n) is 3.37. The second kappa shape index (κ2) is 8.21. The van der Waals surface area contributed by atoms with Crippen molar-refractivity contribution in [3.8, 4) is 0 Å². The van der Waals surface area contributed by atoms with Crippen LogP contribution in [0.4, 0.5) is 15.8 Å². The SMILES string of the molecule is Cc1ccccc1NC(=O)CN(C)CC(=O)Nc1ccc(F)cc1. The lowest BCUT2D eigenvalue weighted by atomic mass is 10.2. The zero-order valence-electron chi connectivity index (χ0n) is 13.7. The second-order valence-electron chi connectivity index (χ2n) is 5.59. The van der Waals surface area contributed by atoms with E-state index in [1.54, 1.807) is 11.9 Å². The second-order valence-corrected chi connectivity index (χ2v) is 5.59. The van der Waals surface area contributed by atoms with Crippen molar-refractivity contribution < 1.29 is 14.0 Å². The highest BCUT2D eigenvalue weighted by Gasteiger charge is 2.12. The number of likely N-dealkylation sites (N-methyl/N-ethyl adjacent to an activating group) is 1. The molecule has 0 aliphatic heterocycles. The Labute approximate surface area is 140 Å². The first-order valence-corrected chi connectivity index (χ1v) is 7.53. The van der Waals surface area contributed by atoms with Crippen molar-refractivity contribution in [3.63, 3.8) is 0 Å². The van der Waals surface area contributed by atoms with E-state index >= 15 is 0 Å². The summed E-state index contributed by atoms with van der Waals surface area (Å²) in [7, 11) is 1.68. The van der Waals surface area contributed by atoms with Gasteiger partial charge in [0.15, 0.2) is 0 Å². The van der Waals surface area contributed by atoms with Crippen molar-refractivity contribution in [1.29, 1.82) is 0 Å². The maximum Gasteiger partial charge on any atom is 0.238 e. The van der Waals surface area contributed by atoms with Crippen LogP contribution in [0.15, 0.2) is 48.5 Å². The molecular formula is C18H20FN3O2. The van der Waals surface area contributed by atoms with E-state index in [1.165, 1.54) is 24.3 Å². The van der Waals surface area contributed by atoms with Gasteiger partial charge in [-0.05, 0) is 49.9 Å². The summed E-state index contributed by atoms with van der Waals surface area (Å²) in [6.07, 6.45) is 0. The Morgan fingerprint density at radius 1 is 0.958 bits per heavy atom. The van der Waals surface area contributed by atoms with Gasteiger partial charge in [-0.1, -0.05) is 18.2 Å². The zero-order valence-corrected chi connectivity index (χ0v) is 13.7. The van der Waals surface area contributed by atoms with E-state index in [4.69, 9.17) is 0 Å².